The van der Waals surface area contributed by atoms with Gasteiger partial charge in [-0.05, 0) is 30.5 Å². The van der Waals surface area contributed by atoms with Crippen molar-refractivity contribution < 1.29 is 23.8 Å². The minimum Gasteiger partial charge on any atom is -0.454 e. The number of carbonyl (C=O) groups is 2. The zero-order chi connectivity index (χ0) is 15.2. The molecule has 6 nitrogen and oxygen atoms in total. The normalized spacial score (nSPS) is 12.3. The fourth-order valence-corrected chi connectivity index (χ4v) is 1.79. The highest BCUT2D eigenvalue weighted by Crippen LogP contribution is 2.32. The van der Waals surface area contributed by atoms with Gasteiger partial charge in [-0.2, -0.15) is 0 Å². The molecule has 0 radical (unpaired) electrons. The van der Waals surface area contributed by atoms with E-state index < -0.39 is 5.97 Å². The fraction of sp³-hybridized carbons (Fsp3) is 0.467. The number of benzene rings is 1. The Labute approximate surface area is 123 Å². The molecule has 1 aliphatic heterocycles. The molecule has 114 valence electrons. The number of hydrogen-bond acceptors (Lipinski definition) is 5. The van der Waals surface area contributed by atoms with E-state index in [2.05, 4.69) is 19.2 Å². The summed E-state index contributed by atoms with van der Waals surface area (Å²) in [5, 5.41) is 2.70. The van der Waals surface area contributed by atoms with Crippen LogP contribution in [-0.2, 0) is 9.53 Å². The molecule has 0 atom stereocenters. The SMILES string of the molecule is CC(C)CCNC(=O)COC(=O)c1ccc2c(c1)OCO2. The third kappa shape index (κ3) is 4.37. The van der Waals surface area contributed by atoms with Gasteiger partial charge in [0.05, 0.1) is 5.56 Å². The Morgan fingerprint density at radius 2 is 2.05 bits per heavy atom. The molecule has 2 rings (SSSR count). The molecule has 1 amide bonds. The van der Waals surface area contributed by atoms with E-state index in [1.165, 1.54) is 0 Å². The van der Waals surface area contributed by atoms with Crippen molar-refractivity contribution in [3.05, 3.63) is 23.8 Å². The molecule has 0 aliphatic carbocycles. The van der Waals surface area contributed by atoms with Crippen molar-refractivity contribution in [2.45, 2.75) is 20.3 Å². The summed E-state index contributed by atoms with van der Waals surface area (Å²) < 4.78 is 15.3. The maximum Gasteiger partial charge on any atom is 0.338 e. The van der Waals surface area contributed by atoms with Crippen molar-refractivity contribution in [1.29, 1.82) is 0 Å². The smallest absolute Gasteiger partial charge is 0.338 e. The third-order valence-electron chi connectivity index (χ3n) is 2.99. The van der Waals surface area contributed by atoms with E-state index >= 15 is 0 Å². The third-order valence-corrected chi connectivity index (χ3v) is 2.99. The molecule has 0 unspecified atom stereocenters. The molecule has 0 aromatic heterocycles. The first kappa shape index (κ1) is 15.2. The minimum absolute atomic E-state index is 0.145. The van der Waals surface area contributed by atoms with Crippen molar-refractivity contribution in [3.8, 4) is 11.5 Å². The van der Waals surface area contributed by atoms with Gasteiger partial charge in [0.15, 0.2) is 18.1 Å². The number of rotatable bonds is 6. The van der Waals surface area contributed by atoms with Gasteiger partial charge in [0.2, 0.25) is 6.79 Å². The van der Waals surface area contributed by atoms with E-state index in [4.69, 9.17) is 14.2 Å². The Kier molecular flexibility index (Phi) is 5.03. The first-order chi connectivity index (χ1) is 10.1. The van der Waals surface area contributed by atoms with Crippen LogP contribution in [0.3, 0.4) is 0 Å². The van der Waals surface area contributed by atoms with Crippen LogP contribution in [0.2, 0.25) is 0 Å². The summed E-state index contributed by atoms with van der Waals surface area (Å²) in [6, 6.07) is 4.76. The van der Waals surface area contributed by atoms with Crippen LogP contribution in [0.1, 0.15) is 30.6 Å². The van der Waals surface area contributed by atoms with Gasteiger partial charge in [-0.15, -0.1) is 0 Å². The lowest BCUT2D eigenvalue weighted by Crippen LogP contribution is -2.30. The summed E-state index contributed by atoms with van der Waals surface area (Å²) in [7, 11) is 0. The van der Waals surface area contributed by atoms with E-state index in [1.54, 1.807) is 18.2 Å². The second-order valence-corrected chi connectivity index (χ2v) is 5.18. The van der Waals surface area contributed by atoms with Gasteiger partial charge >= 0.3 is 5.97 Å². The molecule has 1 aliphatic rings. The molecule has 21 heavy (non-hydrogen) atoms. The molecule has 1 N–H and O–H groups in total. The van der Waals surface area contributed by atoms with Gasteiger partial charge in [0.1, 0.15) is 0 Å². The molecule has 1 heterocycles. The number of nitrogens with one attached hydrogen (secondary N) is 1. The second-order valence-electron chi connectivity index (χ2n) is 5.18. The molecule has 6 heteroatoms. The maximum atomic E-state index is 11.8. The monoisotopic (exact) mass is 293 g/mol. The Morgan fingerprint density at radius 3 is 2.81 bits per heavy atom. The van der Waals surface area contributed by atoms with Crippen molar-refractivity contribution in [3.63, 3.8) is 0 Å². The summed E-state index contributed by atoms with van der Waals surface area (Å²) in [6.07, 6.45) is 0.891. The van der Waals surface area contributed by atoms with E-state index in [0.717, 1.165) is 6.42 Å². The van der Waals surface area contributed by atoms with Crippen LogP contribution in [0.15, 0.2) is 18.2 Å². The standard InChI is InChI=1S/C15H19NO5/c1-10(2)5-6-16-14(17)8-19-15(18)11-3-4-12-13(7-11)21-9-20-12/h3-4,7,10H,5-6,8-9H2,1-2H3,(H,16,17). The summed E-state index contributed by atoms with van der Waals surface area (Å²) in [4.78, 5) is 23.3. The van der Waals surface area contributed by atoms with Gasteiger partial charge in [-0.25, -0.2) is 4.79 Å². The lowest BCUT2D eigenvalue weighted by atomic mass is 10.1. The van der Waals surface area contributed by atoms with Crippen LogP contribution in [0.25, 0.3) is 0 Å². The number of fused-ring (bicyclic) bond motifs is 1. The minimum atomic E-state index is -0.563. The van der Waals surface area contributed by atoms with Gasteiger partial charge < -0.3 is 19.5 Å². The second kappa shape index (κ2) is 6.97. The maximum absolute atomic E-state index is 11.8. The van der Waals surface area contributed by atoms with Crippen molar-refractivity contribution in [1.82, 2.24) is 5.32 Å². The molecular weight excluding hydrogens is 274 g/mol. The highest BCUT2D eigenvalue weighted by molar-refractivity contribution is 5.92. The molecule has 0 saturated carbocycles. The van der Waals surface area contributed by atoms with Gasteiger partial charge in [-0.3, -0.25) is 4.79 Å². The Morgan fingerprint density at radius 1 is 1.29 bits per heavy atom. The predicted molar refractivity (Wildman–Crippen MR) is 75.3 cm³/mol. The average Bonchev–Trinajstić information content (AvgIpc) is 2.91. The first-order valence-corrected chi connectivity index (χ1v) is 6.89. The summed E-state index contributed by atoms with van der Waals surface area (Å²) >= 11 is 0. The predicted octanol–water partition coefficient (Wildman–Crippen LogP) is 1.73. The highest BCUT2D eigenvalue weighted by Gasteiger charge is 2.17. The summed E-state index contributed by atoms with van der Waals surface area (Å²) in [5.41, 5.74) is 0.328. The van der Waals surface area contributed by atoms with E-state index in [9.17, 15) is 9.59 Å². The highest BCUT2D eigenvalue weighted by atomic mass is 16.7. The van der Waals surface area contributed by atoms with Crippen molar-refractivity contribution in [2.75, 3.05) is 19.9 Å². The summed E-state index contributed by atoms with van der Waals surface area (Å²) in [6.45, 7) is 4.59. The lowest BCUT2D eigenvalue weighted by molar-refractivity contribution is -0.124. The first-order valence-electron chi connectivity index (χ1n) is 6.89. The number of esters is 1. The van der Waals surface area contributed by atoms with Crippen molar-refractivity contribution >= 4 is 11.9 Å². The largest absolute Gasteiger partial charge is 0.454 e. The molecule has 0 bridgehead atoms. The van der Waals surface area contributed by atoms with Gasteiger partial charge in [-0.1, -0.05) is 13.8 Å². The molecule has 0 fully saturated rings. The fourth-order valence-electron chi connectivity index (χ4n) is 1.79. The number of amides is 1. The Bertz CT molecular complexity index is 527. The number of ether oxygens (including phenoxy) is 3. The molecular formula is C15H19NO5. The van der Waals surface area contributed by atoms with Crippen molar-refractivity contribution in [2.24, 2.45) is 5.92 Å². The molecule has 0 spiro atoms. The average molecular weight is 293 g/mol. The Hall–Kier alpha value is -2.24. The molecule has 1 aromatic carbocycles. The van der Waals surface area contributed by atoms with Crippen LogP contribution >= 0.6 is 0 Å². The lowest BCUT2D eigenvalue weighted by Gasteiger charge is -2.08. The van der Waals surface area contributed by atoms with Gasteiger partial charge in [0.25, 0.3) is 5.91 Å². The van der Waals surface area contributed by atoms with E-state index in [1.807, 2.05) is 0 Å². The summed E-state index contributed by atoms with van der Waals surface area (Å²) in [5.74, 6) is 0.752. The number of carbonyl (C=O) groups excluding carboxylic acids is 2. The van der Waals surface area contributed by atoms with Crippen LogP contribution in [0, 0.1) is 5.92 Å². The zero-order valence-corrected chi connectivity index (χ0v) is 12.2. The van der Waals surface area contributed by atoms with Crippen LogP contribution < -0.4 is 14.8 Å². The van der Waals surface area contributed by atoms with E-state index in [-0.39, 0.29) is 19.3 Å². The van der Waals surface area contributed by atoms with E-state index in [0.29, 0.717) is 29.5 Å². The molecule has 1 aromatic rings. The topological polar surface area (TPSA) is 73.9 Å². The number of hydrogen-bond donors (Lipinski definition) is 1. The Balaban J connectivity index is 1.78. The van der Waals surface area contributed by atoms with Crippen LogP contribution in [0.4, 0.5) is 0 Å². The van der Waals surface area contributed by atoms with Gasteiger partial charge in [0, 0.05) is 6.54 Å². The van der Waals surface area contributed by atoms with Crippen LogP contribution in [0.5, 0.6) is 11.5 Å². The quantitative estimate of drug-likeness (QED) is 0.809. The zero-order valence-electron chi connectivity index (χ0n) is 12.2. The van der Waals surface area contributed by atoms with Crippen LogP contribution in [-0.4, -0.2) is 31.8 Å². The molecule has 0 saturated heterocycles.